The zero-order valence-electron chi connectivity index (χ0n) is 10.7. The Labute approximate surface area is 109 Å². The minimum Gasteiger partial charge on any atom is -0.310 e. The average molecular weight is 247 g/mol. The first-order valence-electron chi connectivity index (χ1n) is 6.35. The van der Waals surface area contributed by atoms with Crippen LogP contribution in [-0.2, 0) is 0 Å². The molecule has 1 atom stereocenters. The summed E-state index contributed by atoms with van der Waals surface area (Å²) >= 11 is 1.80. The SMILES string of the molecule is CNC(C1=CCCCC1)c1ccc(SC)cc1. The predicted octanol–water partition coefficient (Wildman–Crippen LogP) is 4.17. The van der Waals surface area contributed by atoms with Crippen LogP contribution in [0, 0.1) is 0 Å². The fourth-order valence-corrected chi connectivity index (χ4v) is 2.90. The number of rotatable bonds is 4. The number of benzene rings is 1. The third-order valence-electron chi connectivity index (χ3n) is 3.43. The van der Waals surface area contributed by atoms with Gasteiger partial charge in [-0.05, 0) is 56.7 Å². The van der Waals surface area contributed by atoms with Crippen LogP contribution < -0.4 is 5.32 Å². The van der Waals surface area contributed by atoms with Gasteiger partial charge in [-0.2, -0.15) is 0 Å². The highest BCUT2D eigenvalue weighted by Crippen LogP contribution is 2.30. The molecule has 0 aliphatic heterocycles. The molecule has 0 amide bonds. The molecule has 0 fully saturated rings. The van der Waals surface area contributed by atoms with Gasteiger partial charge in [0.2, 0.25) is 0 Å². The summed E-state index contributed by atoms with van der Waals surface area (Å²) in [6, 6.07) is 9.35. The number of hydrogen-bond donors (Lipinski definition) is 1. The van der Waals surface area contributed by atoms with Crippen molar-refractivity contribution in [1.82, 2.24) is 5.32 Å². The molecule has 1 unspecified atom stereocenters. The van der Waals surface area contributed by atoms with Gasteiger partial charge in [-0.3, -0.25) is 0 Å². The van der Waals surface area contributed by atoms with Crippen LogP contribution >= 0.6 is 11.8 Å². The van der Waals surface area contributed by atoms with Crippen molar-refractivity contribution in [2.45, 2.75) is 36.6 Å². The molecule has 0 spiro atoms. The van der Waals surface area contributed by atoms with E-state index < -0.39 is 0 Å². The molecule has 0 saturated heterocycles. The van der Waals surface area contributed by atoms with Crippen molar-refractivity contribution < 1.29 is 0 Å². The maximum atomic E-state index is 3.45. The lowest BCUT2D eigenvalue weighted by molar-refractivity contribution is 0.593. The highest BCUT2D eigenvalue weighted by molar-refractivity contribution is 7.98. The van der Waals surface area contributed by atoms with Gasteiger partial charge in [-0.25, -0.2) is 0 Å². The molecule has 1 nitrogen and oxygen atoms in total. The molecule has 1 aliphatic rings. The van der Waals surface area contributed by atoms with Gasteiger partial charge >= 0.3 is 0 Å². The van der Waals surface area contributed by atoms with Crippen molar-refractivity contribution in [3.63, 3.8) is 0 Å². The molecule has 1 aliphatic carbocycles. The molecule has 2 heteroatoms. The van der Waals surface area contributed by atoms with E-state index in [1.165, 1.54) is 36.1 Å². The summed E-state index contributed by atoms with van der Waals surface area (Å²) in [5.74, 6) is 0. The second kappa shape index (κ2) is 6.27. The highest BCUT2D eigenvalue weighted by Gasteiger charge is 2.16. The van der Waals surface area contributed by atoms with E-state index in [0.29, 0.717) is 6.04 Å². The minimum absolute atomic E-state index is 0.409. The smallest absolute Gasteiger partial charge is 0.0533 e. The minimum atomic E-state index is 0.409. The Hall–Kier alpha value is -0.730. The number of likely N-dealkylation sites (N-methyl/N-ethyl adjacent to an activating group) is 1. The average Bonchev–Trinajstić information content (AvgIpc) is 2.42. The molecule has 0 heterocycles. The van der Waals surface area contributed by atoms with Gasteiger partial charge in [-0.15, -0.1) is 11.8 Å². The number of nitrogens with one attached hydrogen (secondary N) is 1. The summed E-state index contributed by atoms with van der Waals surface area (Å²) in [4.78, 5) is 1.33. The largest absolute Gasteiger partial charge is 0.310 e. The van der Waals surface area contributed by atoms with Crippen molar-refractivity contribution in [3.05, 3.63) is 41.5 Å². The summed E-state index contributed by atoms with van der Waals surface area (Å²) in [6.07, 6.45) is 9.73. The van der Waals surface area contributed by atoms with E-state index in [1.54, 1.807) is 17.3 Å². The lowest BCUT2D eigenvalue weighted by Crippen LogP contribution is -2.19. The van der Waals surface area contributed by atoms with Crippen LogP contribution in [0.5, 0.6) is 0 Å². The van der Waals surface area contributed by atoms with Crippen LogP contribution in [0.15, 0.2) is 40.8 Å². The van der Waals surface area contributed by atoms with Crippen LogP contribution in [0.25, 0.3) is 0 Å². The van der Waals surface area contributed by atoms with Crippen molar-refractivity contribution in [1.29, 1.82) is 0 Å². The lowest BCUT2D eigenvalue weighted by Gasteiger charge is -2.23. The van der Waals surface area contributed by atoms with Gasteiger partial charge in [0.15, 0.2) is 0 Å². The zero-order chi connectivity index (χ0) is 12.1. The maximum absolute atomic E-state index is 3.45. The first-order chi connectivity index (χ1) is 8.35. The van der Waals surface area contributed by atoms with Gasteiger partial charge in [0.25, 0.3) is 0 Å². The Morgan fingerprint density at radius 2 is 1.94 bits per heavy atom. The molecule has 0 radical (unpaired) electrons. The molecule has 17 heavy (non-hydrogen) atoms. The first kappa shape index (κ1) is 12.7. The van der Waals surface area contributed by atoms with Crippen molar-refractivity contribution in [3.8, 4) is 0 Å². The number of allylic oxidation sites excluding steroid dienone is 1. The molecular formula is C15H21NS. The van der Waals surface area contributed by atoms with Crippen LogP contribution in [0.3, 0.4) is 0 Å². The predicted molar refractivity (Wildman–Crippen MR) is 76.6 cm³/mol. The number of thioether (sulfide) groups is 1. The molecule has 0 saturated carbocycles. The summed E-state index contributed by atoms with van der Waals surface area (Å²) in [6.45, 7) is 0. The third kappa shape index (κ3) is 3.14. The number of hydrogen-bond acceptors (Lipinski definition) is 2. The van der Waals surface area contributed by atoms with Gasteiger partial charge in [0, 0.05) is 4.90 Å². The fourth-order valence-electron chi connectivity index (χ4n) is 2.49. The third-order valence-corrected chi connectivity index (χ3v) is 4.18. The highest BCUT2D eigenvalue weighted by atomic mass is 32.2. The Bertz CT molecular complexity index is 380. The Morgan fingerprint density at radius 3 is 2.47 bits per heavy atom. The quantitative estimate of drug-likeness (QED) is 0.633. The molecule has 0 bridgehead atoms. The van der Waals surface area contributed by atoms with E-state index in [9.17, 15) is 0 Å². The first-order valence-corrected chi connectivity index (χ1v) is 7.57. The summed E-state index contributed by atoms with van der Waals surface area (Å²) in [5.41, 5.74) is 2.95. The molecule has 0 aromatic heterocycles. The Morgan fingerprint density at radius 1 is 1.18 bits per heavy atom. The van der Waals surface area contributed by atoms with Gasteiger partial charge in [0.1, 0.15) is 0 Å². The summed E-state index contributed by atoms with van der Waals surface area (Å²) in [5, 5.41) is 3.45. The molecule has 1 aromatic carbocycles. The second-order valence-corrected chi connectivity index (χ2v) is 5.40. The molecular weight excluding hydrogens is 226 g/mol. The van der Waals surface area contributed by atoms with E-state index in [0.717, 1.165) is 0 Å². The topological polar surface area (TPSA) is 12.0 Å². The summed E-state index contributed by atoms with van der Waals surface area (Å²) < 4.78 is 0. The van der Waals surface area contributed by atoms with Crippen molar-refractivity contribution >= 4 is 11.8 Å². The van der Waals surface area contributed by atoms with Gasteiger partial charge in [0.05, 0.1) is 6.04 Å². The standard InChI is InChI=1S/C15H21NS/c1-16-15(12-6-4-3-5-7-12)13-8-10-14(17-2)11-9-13/h6,8-11,15-16H,3-5,7H2,1-2H3. The molecule has 2 rings (SSSR count). The van der Waals surface area contributed by atoms with Crippen LogP contribution in [0.4, 0.5) is 0 Å². The van der Waals surface area contributed by atoms with Crippen LogP contribution in [0.2, 0.25) is 0 Å². The van der Waals surface area contributed by atoms with Gasteiger partial charge < -0.3 is 5.32 Å². The Kier molecular flexibility index (Phi) is 4.69. The lowest BCUT2D eigenvalue weighted by atomic mass is 9.90. The summed E-state index contributed by atoms with van der Waals surface area (Å²) in [7, 11) is 2.06. The molecule has 1 aromatic rings. The van der Waals surface area contributed by atoms with Crippen LogP contribution in [-0.4, -0.2) is 13.3 Å². The Balaban J connectivity index is 2.18. The van der Waals surface area contributed by atoms with E-state index in [2.05, 4.69) is 49.0 Å². The van der Waals surface area contributed by atoms with E-state index in [1.807, 2.05) is 0 Å². The van der Waals surface area contributed by atoms with Crippen molar-refractivity contribution in [2.75, 3.05) is 13.3 Å². The van der Waals surface area contributed by atoms with Crippen LogP contribution in [0.1, 0.15) is 37.3 Å². The molecule has 92 valence electrons. The van der Waals surface area contributed by atoms with Crippen molar-refractivity contribution in [2.24, 2.45) is 0 Å². The fraction of sp³-hybridized carbons (Fsp3) is 0.467. The van der Waals surface area contributed by atoms with Gasteiger partial charge in [-0.1, -0.05) is 23.8 Å². The van der Waals surface area contributed by atoms with E-state index in [4.69, 9.17) is 0 Å². The van der Waals surface area contributed by atoms with E-state index in [-0.39, 0.29) is 0 Å². The normalized spacial score (nSPS) is 17.6. The zero-order valence-corrected chi connectivity index (χ0v) is 11.5. The van der Waals surface area contributed by atoms with E-state index >= 15 is 0 Å². The molecule has 1 N–H and O–H groups in total. The second-order valence-electron chi connectivity index (χ2n) is 4.52. The maximum Gasteiger partial charge on any atom is 0.0533 e. The monoisotopic (exact) mass is 247 g/mol.